The fourth-order valence-electron chi connectivity index (χ4n) is 4.49. The molecular weight excluding hydrogens is 493 g/mol. The third-order valence-electron chi connectivity index (χ3n) is 6.70. The Balaban J connectivity index is 1.56. The summed E-state index contributed by atoms with van der Waals surface area (Å²) < 4.78 is 41.9. The Morgan fingerprint density at radius 1 is 0.842 bits per heavy atom. The Morgan fingerprint density at radius 2 is 1.42 bits per heavy atom. The van der Waals surface area contributed by atoms with Crippen LogP contribution in [-0.4, -0.2) is 65.3 Å². The number of amides is 1. The van der Waals surface area contributed by atoms with Crippen molar-refractivity contribution in [2.24, 2.45) is 0 Å². The molecule has 0 atom stereocenters. The van der Waals surface area contributed by atoms with E-state index in [2.05, 4.69) is 16.6 Å². The van der Waals surface area contributed by atoms with Crippen LogP contribution in [0.4, 0.5) is 13.2 Å². The Bertz CT molecular complexity index is 1450. The molecule has 1 aromatic heterocycles. The second-order valence-electron chi connectivity index (χ2n) is 9.34. The number of rotatable bonds is 5. The molecule has 196 valence electrons. The number of carbonyl (C=O) groups excluding carboxylic acids is 1. The predicted molar refractivity (Wildman–Crippen MR) is 140 cm³/mol. The van der Waals surface area contributed by atoms with Crippen molar-refractivity contribution in [3.05, 3.63) is 77.9 Å². The van der Waals surface area contributed by atoms with E-state index in [4.69, 9.17) is 9.97 Å². The minimum absolute atomic E-state index is 0.0417. The molecule has 2 heterocycles. The highest BCUT2D eigenvalue weighted by atomic mass is 19.4. The van der Waals surface area contributed by atoms with E-state index in [1.54, 1.807) is 18.2 Å². The normalized spacial score (nSPS) is 14.6. The van der Waals surface area contributed by atoms with E-state index >= 15 is 0 Å². The van der Waals surface area contributed by atoms with Crippen molar-refractivity contribution in [3.8, 4) is 28.3 Å². The van der Waals surface area contributed by atoms with Crippen LogP contribution in [0.5, 0.6) is 5.75 Å². The molecule has 0 saturated carbocycles. The molecule has 1 saturated heterocycles. The summed E-state index contributed by atoms with van der Waals surface area (Å²) >= 11 is 0. The smallest absolute Gasteiger partial charge is 0.406 e. The second kappa shape index (κ2) is 10.4. The van der Waals surface area contributed by atoms with Crippen LogP contribution in [0.25, 0.3) is 33.5 Å². The number of hydrogen-bond donors (Lipinski definition) is 0. The maximum absolute atomic E-state index is 13.2. The van der Waals surface area contributed by atoms with Crippen molar-refractivity contribution < 1.29 is 22.7 Å². The van der Waals surface area contributed by atoms with Gasteiger partial charge in [-0.2, -0.15) is 0 Å². The van der Waals surface area contributed by atoms with Gasteiger partial charge in [-0.1, -0.05) is 31.2 Å². The maximum Gasteiger partial charge on any atom is 0.573 e. The number of likely N-dealkylation sites (N-methyl/N-ethyl adjacent to an activating group) is 1. The summed E-state index contributed by atoms with van der Waals surface area (Å²) in [6.07, 6.45) is -3.88. The van der Waals surface area contributed by atoms with Crippen molar-refractivity contribution in [2.75, 3.05) is 33.2 Å². The van der Waals surface area contributed by atoms with E-state index in [1.807, 2.05) is 36.2 Å². The number of aryl methyl sites for hydroxylation is 1. The maximum atomic E-state index is 13.2. The average molecular weight is 521 g/mol. The molecule has 0 spiro atoms. The molecule has 5 rings (SSSR count). The lowest BCUT2D eigenvalue weighted by Gasteiger charge is -2.32. The van der Waals surface area contributed by atoms with Gasteiger partial charge in [0.05, 0.1) is 22.4 Å². The zero-order chi connectivity index (χ0) is 26.9. The molecule has 0 aliphatic carbocycles. The molecule has 38 heavy (non-hydrogen) atoms. The fraction of sp³-hybridized carbons (Fsp3) is 0.276. The van der Waals surface area contributed by atoms with Crippen LogP contribution in [0, 0.1) is 0 Å². The van der Waals surface area contributed by atoms with Gasteiger partial charge < -0.3 is 14.5 Å². The summed E-state index contributed by atoms with van der Waals surface area (Å²) in [5.41, 5.74) is 5.38. The van der Waals surface area contributed by atoms with Gasteiger partial charge in [0.2, 0.25) is 0 Å². The van der Waals surface area contributed by atoms with E-state index in [0.29, 0.717) is 46.6 Å². The Labute approximate surface area is 218 Å². The minimum Gasteiger partial charge on any atom is -0.406 e. The number of hydrogen-bond acceptors (Lipinski definition) is 5. The van der Waals surface area contributed by atoms with Crippen molar-refractivity contribution in [1.82, 2.24) is 19.8 Å². The highest BCUT2D eigenvalue weighted by molar-refractivity contribution is 5.98. The van der Waals surface area contributed by atoms with Gasteiger partial charge in [0.15, 0.2) is 0 Å². The lowest BCUT2D eigenvalue weighted by molar-refractivity contribution is -0.274. The Morgan fingerprint density at radius 3 is 2.00 bits per heavy atom. The van der Waals surface area contributed by atoms with E-state index in [-0.39, 0.29) is 11.7 Å². The number of halogens is 3. The molecule has 0 unspecified atom stereocenters. The largest absolute Gasteiger partial charge is 0.573 e. The summed E-state index contributed by atoms with van der Waals surface area (Å²) in [6, 6.07) is 18.8. The van der Waals surface area contributed by atoms with Gasteiger partial charge in [0.1, 0.15) is 5.75 Å². The third kappa shape index (κ3) is 5.62. The van der Waals surface area contributed by atoms with Crippen LogP contribution >= 0.6 is 0 Å². The average Bonchev–Trinajstić information content (AvgIpc) is 2.92. The van der Waals surface area contributed by atoms with Gasteiger partial charge in [-0.25, -0.2) is 9.97 Å². The monoisotopic (exact) mass is 520 g/mol. The number of carbonyl (C=O) groups is 1. The van der Waals surface area contributed by atoms with Gasteiger partial charge >= 0.3 is 6.36 Å². The zero-order valence-corrected chi connectivity index (χ0v) is 21.1. The first kappa shape index (κ1) is 25.7. The van der Waals surface area contributed by atoms with Crippen LogP contribution in [0.1, 0.15) is 22.8 Å². The van der Waals surface area contributed by atoms with E-state index in [1.165, 1.54) is 24.3 Å². The number of ether oxygens (including phenoxy) is 1. The topological polar surface area (TPSA) is 58.6 Å². The van der Waals surface area contributed by atoms with Crippen molar-refractivity contribution >= 4 is 16.9 Å². The van der Waals surface area contributed by atoms with Crippen molar-refractivity contribution in [2.45, 2.75) is 19.7 Å². The molecule has 0 radical (unpaired) electrons. The van der Waals surface area contributed by atoms with Gasteiger partial charge in [-0.3, -0.25) is 4.79 Å². The van der Waals surface area contributed by atoms with Crippen molar-refractivity contribution in [1.29, 1.82) is 0 Å². The number of benzene rings is 3. The molecule has 0 N–H and O–H groups in total. The molecule has 1 amide bonds. The molecule has 3 aromatic carbocycles. The minimum atomic E-state index is -4.77. The standard InChI is InChI=1S/C29H27F3N4O2/c1-3-19-4-6-20(7-5-19)27-26(21-8-11-23(12-9-21)38-29(30,31)32)33-24-13-10-22(18-25(24)34-27)28(37)36-16-14-35(2)15-17-36/h4-13,18H,3,14-17H2,1-2H3. The molecule has 6 nitrogen and oxygen atoms in total. The van der Waals surface area contributed by atoms with Crippen LogP contribution in [-0.2, 0) is 6.42 Å². The van der Waals surface area contributed by atoms with Crippen molar-refractivity contribution in [3.63, 3.8) is 0 Å². The molecule has 1 fully saturated rings. The molecule has 9 heteroatoms. The van der Waals surface area contributed by atoms with Gasteiger partial charge in [0, 0.05) is 42.9 Å². The number of alkyl halides is 3. The molecule has 0 bridgehead atoms. The van der Waals surface area contributed by atoms with Crippen LogP contribution in [0.3, 0.4) is 0 Å². The number of piperazine rings is 1. The highest BCUT2D eigenvalue weighted by Crippen LogP contribution is 2.33. The third-order valence-corrected chi connectivity index (χ3v) is 6.70. The molecule has 1 aliphatic heterocycles. The fourth-order valence-corrected chi connectivity index (χ4v) is 4.49. The lowest BCUT2D eigenvalue weighted by atomic mass is 10.0. The quantitative estimate of drug-likeness (QED) is 0.332. The first-order valence-corrected chi connectivity index (χ1v) is 12.5. The van der Waals surface area contributed by atoms with Gasteiger partial charge in [-0.15, -0.1) is 13.2 Å². The Hall–Kier alpha value is -3.98. The van der Waals surface area contributed by atoms with Crippen LogP contribution in [0.15, 0.2) is 66.7 Å². The summed E-state index contributed by atoms with van der Waals surface area (Å²) in [4.78, 5) is 26.9. The SMILES string of the molecule is CCc1ccc(-c2nc3cc(C(=O)N4CCN(C)CC4)ccc3nc2-c2ccc(OC(F)(F)F)cc2)cc1. The summed E-state index contributed by atoms with van der Waals surface area (Å²) in [7, 11) is 2.04. The van der Waals surface area contributed by atoms with Crippen LogP contribution < -0.4 is 4.74 Å². The lowest BCUT2D eigenvalue weighted by Crippen LogP contribution is -2.47. The zero-order valence-electron chi connectivity index (χ0n) is 21.1. The van der Waals surface area contributed by atoms with Crippen LogP contribution in [0.2, 0.25) is 0 Å². The predicted octanol–water partition coefficient (Wildman–Crippen LogP) is 5.81. The Kier molecular flexibility index (Phi) is 7.03. The van der Waals surface area contributed by atoms with E-state index < -0.39 is 6.36 Å². The summed E-state index contributed by atoms with van der Waals surface area (Å²) in [5, 5.41) is 0. The molecule has 4 aromatic rings. The first-order chi connectivity index (χ1) is 18.2. The van der Waals surface area contributed by atoms with Gasteiger partial charge in [-0.05, 0) is 61.5 Å². The van der Waals surface area contributed by atoms with Gasteiger partial charge in [0.25, 0.3) is 5.91 Å². The summed E-state index contributed by atoms with van der Waals surface area (Å²) in [5.74, 6) is -0.351. The van der Waals surface area contributed by atoms with E-state index in [9.17, 15) is 18.0 Å². The first-order valence-electron chi connectivity index (χ1n) is 12.5. The number of aromatic nitrogens is 2. The highest BCUT2D eigenvalue weighted by Gasteiger charge is 2.31. The number of fused-ring (bicyclic) bond motifs is 1. The molecular formula is C29H27F3N4O2. The second-order valence-corrected chi connectivity index (χ2v) is 9.34. The van der Waals surface area contributed by atoms with E-state index in [0.717, 1.165) is 30.6 Å². The molecule has 1 aliphatic rings. The summed E-state index contributed by atoms with van der Waals surface area (Å²) in [6.45, 7) is 5.06. The number of nitrogens with zero attached hydrogens (tertiary/aromatic N) is 4.